The molecule has 0 saturated carbocycles. The fraction of sp³-hybridized carbons (Fsp3) is 0.316. The summed E-state index contributed by atoms with van der Waals surface area (Å²) in [6.07, 6.45) is 1.72. The van der Waals surface area contributed by atoms with Gasteiger partial charge >= 0.3 is 0 Å². The molecule has 0 unspecified atom stereocenters. The van der Waals surface area contributed by atoms with Crippen molar-refractivity contribution in [3.8, 4) is 11.5 Å². The summed E-state index contributed by atoms with van der Waals surface area (Å²) in [5.41, 5.74) is 8.31. The van der Waals surface area contributed by atoms with E-state index in [-0.39, 0.29) is 24.0 Å². The third-order valence-corrected chi connectivity index (χ3v) is 3.69. The molecule has 0 fully saturated rings. The number of benzene rings is 2. The number of hydrogen-bond donors (Lipinski definition) is 2. The first kappa shape index (κ1) is 21.1. The molecule has 5 nitrogen and oxygen atoms in total. The number of halogens is 1. The van der Waals surface area contributed by atoms with Crippen molar-refractivity contribution in [2.24, 2.45) is 10.7 Å². The van der Waals surface area contributed by atoms with Crippen LogP contribution in [0.15, 0.2) is 53.5 Å². The Labute approximate surface area is 166 Å². The number of rotatable bonds is 8. The van der Waals surface area contributed by atoms with Crippen LogP contribution < -0.4 is 20.5 Å². The van der Waals surface area contributed by atoms with Crippen molar-refractivity contribution in [3.05, 3.63) is 59.7 Å². The van der Waals surface area contributed by atoms with E-state index in [1.807, 2.05) is 36.4 Å². The van der Waals surface area contributed by atoms with Crippen LogP contribution in [0.4, 0.5) is 0 Å². The number of nitrogens with two attached hydrogens (primary N) is 1. The Hall–Kier alpha value is -1.96. The van der Waals surface area contributed by atoms with E-state index >= 15 is 0 Å². The number of nitrogens with zero attached hydrogens (tertiary/aromatic N) is 1. The minimum absolute atomic E-state index is 0. The van der Waals surface area contributed by atoms with Gasteiger partial charge in [-0.05, 0) is 36.1 Å². The molecule has 0 radical (unpaired) electrons. The number of nitrogens with one attached hydrogen (secondary N) is 1. The van der Waals surface area contributed by atoms with Crippen LogP contribution in [0.2, 0.25) is 0 Å². The number of aliphatic imine (C=N–C) groups is 1. The quantitative estimate of drug-likeness (QED) is 0.365. The van der Waals surface area contributed by atoms with Gasteiger partial charge in [0, 0.05) is 13.1 Å². The summed E-state index contributed by atoms with van der Waals surface area (Å²) in [5.74, 6) is 1.95. The Balaban J connectivity index is 0.00000312. The van der Waals surface area contributed by atoms with Crippen molar-refractivity contribution < 1.29 is 9.47 Å². The van der Waals surface area contributed by atoms with E-state index in [2.05, 4.69) is 22.4 Å². The molecule has 25 heavy (non-hydrogen) atoms. The third-order valence-electron chi connectivity index (χ3n) is 3.69. The highest BCUT2D eigenvalue weighted by Gasteiger charge is 2.04. The molecule has 0 aliphatic rings. The van der Waals surface area contributed by atoms with Crippen LogP contribution in [-0.4, -0.2) is 33.3 Å². The average Bonchev–Trinajstić information content (AvgIpc) is 2.62. The smallest absolute Gasteiger partial charge is 0.188 e. The maximum Gasteiger partial charge on any atom is 0.188 e. The van der Waals surface area contributed by atoms with E-state index in [0.717, 1.165) is 36.4 Å². The van der Waals surface area contributed by atoms with E-state index in [9.17, 15) is 0 Å². The second-order valence-corrected chi connectivity index (χ2v) is 5.37. The molecule has 0 aliphatic carbocycles. The zero-order valence-corrected chi connectivity index (χ0v) is 17.0. The summed E-state index contributed by atoms with van der Waals surface area (Å²) in [6.45, 7) is 1.40. The van der Waals surface area contributed by atoms with Gasteiger partial charge in [0.25, 0.3) is 0 Å². The molecule has 0 atom stereocenters. The van der Waals surface area contributed by atoms with Gasteiger partial charge in [-0.3, -0.25) is 4.99 Å². The van der Waals surface area contributed by atoms with Crippen LogP contribution in [0.1, 0.15) is 11.1 Å². The zero-order chi connectivity index (χ0) is 17.2. The minimum Gasteiger partial charge on any atom is -0.493 e. The van der Waals surface area contributed by atoms with Gasteiger partial charge in [-0.2, -0.15) is 0 Å². The molecule has 0 amide bonds. The van der Waals surface area contributed by atoms with Gasteiger partial charge in [-0.25, -0.2) is 0 Å². The third kappa shape index (κ3) is 7.21. The van der Waals surface area contributed by atoms with E-state index in [1.54, 1.807) is 14.2 Å². The van der Waals surface area contributed by atoms with Gasteiger partial charge in [0.05, 0.1) is 14.2 Å². The number of ether oxygens (including phenoxy) is 2. The SMILES string of the molecule is COc1ccc(CCNC(N)=NCCc2ccccc2)cc1OC.I. The van der Waals surface area contributed by atoms with E-state index in [4.69, 9.17) is 15.2 Å². The normalized spacial score (nSPS) is 10.7. The Morgan fingerprint density at radius 3 is 2.36 bits per heavy atom. The molecule has 0 heterocycles. The van der Waals surface area contributed by atoms with Gasteiger partial charge in [0.15, 0.2) is 17.5 Å². The fourth-order valence-corrected chi connectivity index (χ4v) is 2.38. The lowest BCUT2D eigenvalue weighted by molar-refractivity contribution is 0.354. The predicted molar refractivity (Wildman–Crippen MR) is 113 cm³/mol. The van der Waals surface area contributed by atoms with Gasteiger partial charge in [0.1, 0.15) is 0 Å². The number of methoxy groups -OCH3 is 2. The molecule has 136 valence electrons. The topological polar surface area (TPSA) is 68.9 Å². The molecule has 0 aliphatic heterocycles. The number of guanidine groups is 1. The zero-order valence-electron chi connectivity index (χ0n) is 14.7. The molecule has 0 saturated heterocycles. The largest absolute Gasteiger partial charge is 0.493 e. The first-order valence-electron chi connectivity index (χ1n) is 8.01. The van der Waals surface area contributed by atoms with Crippen LogP contribution in [0, 0.1) is 0 Å². The summed E-state index contributed by atoms with van der Waals surface area (Å²) < 4.78 is 10.5. The van der Waals surface area contributed by atoms with Gasteiger partial charge < -0.3 is 20.5 Å². The molecule has 2 aromatic rings. The Bertz CT molecular complexity index is 663. The van der Waals surface area contributed by atoms with Crippen molar-refractivity contribution in [1.29, 1.82) is 0 Å². The summed E-state index contributed by atoms with van der Waals surface area (Å²) in [4.78, 5) is 4.35. The lowest BCUT2D eigenvalue weighted by atomic mass is 10.1. The van der Waals surface area contributed by atoms with Gasteiger partial charge in [-0.15, -0.1) is 24.0 Å². The first-order valence-corrected chi connectivity index (χ1v) is 8.01. The summed E-state index contributed by atoms with van der Waals surface area (Å²) in [6, 6.07) is 16.2. The van der Waals surface area contributed by atoms with Gasteiger partial charge in [0.2, 0.25) is 0 Å². The number of hydrogen-bond acceptors (Lipinski definition) is 3. The highest BCUT2D eigenvalue weighted by Crippen LogP contribution is 2.27. The monoisotopic (exact) mass is 455 g/mol. The van der Waals surface area contributed by atoms with E-state index < -0.39 is 0 Å². The Kier molecular flexibility index (Phi) is 9.76. The minimum atomic E-state index is 0. The Morgan fingerprint density at radius 2 is 1.68 bits per heavy atom. The highest BCUT2D eigenvalue weighted by molar-refractivity contribution is 14.0. The average molecular weight is 455 g/mol. The summed E-state index contributed by atoms with van der Waals surface area (Å²) >= 11 is 0. The molecular weight excluding hydrogens is 429 g/mol. The van der Waals surface area contributed by atoms with E-state index in [0.29, 0.717) is 12.5 Å². The summed E-state index contributed by atoms with van der Waals surface area (Å²) in [5, 5.41) is 3.14. The van der Waals surface area contributed by atoms with Crippen LogP contribution >= 0.6 is 24.0 Å². The molecule has 3 N–H and O–H groups in total. The van der Waals surface area contributed by atoms with Crippen molar-refractivity contribution >= 4 is 29.9 Å². The molecule has 0 bridgehead atoms. The second kappa shape index (κ2) is 11.6. The van der Waals surface area contributed by atoms with Crippen LogP contribution in [-0.2, 0) is 12.8 Å². The van der Waals surface area contributed by atoms with Crippen molar-refractivity contribution in [3.63, 3.8) is 0 Å². The highest BCUT2D eigenvalue weighted by atomic mass is 127. The molecule has 0 spiro atoms. The predicted octanol–water partition coefficient (Wildman–Crippen LogP) is 3.01. The van der Waals surface area contributed by atoms with Crippen LogP contribution in [0.5, 0.6) is 11.5 Å². The molecular formula is C19H26IN3O2. The lowest BCUT2D eigenvalue weighted by Crippen LogP contribution is -2.33. The van der Waals surface area contributed by atoms with Crippen LogP contribution in [0.25, 0.3) is 0 Å². The van der Waals surface area contributed by atoms with Gasteiger partial charge in [-0.1, -0.05) is 36.4 Å². The Morgan fingerprint density at radius 1 is 0.960 bits per heavy atom. The van der Waals surface area contributed by atoms with Crippen LogP contribution in [0.3, 0.4) is 0 Å². The molecule has 2 aromatic carbocycles. The molecule has 6 heteroatoms. The lowest BCUT2D eigenvalue weighted by Gasteiger charge is -2.10. The fourth-order valence-electron chi connectivity index (χ4n) is 2.38. The van der Waals surface area contributed by atoms with Crippen molar-refractivity contribution in [2.75, 3.05) is 27.3 Å². The maximum atomic E-state index is 5.90. The standard InChI is InChI=1S/C19H25N3O2.HI/c1-23-17-9-8-16(14-18(17)24-2)11-13-22-19(20)21-12-10-15-6-4-3-5-7-15;/h3-9,14H,10-13H2,1-2H3,(H3,20,21,22);1H. The van der Waals surface area contributed by atoms with Crippen molar-refractivity contribution in [1.82, 2.24) is 5.32 Å². The summed E-state index contributed by atoms with van der Waals surface area (Å²) in [7, 11) is 3.27. The molecule has 2 rings (SSSR count). The first-order chi connectivity index (χ1) is 11.7. The van der Waals surface area contributed by atoms with Crippen molar-refractivity contribution in [2.45, 2.75) is 12.8 Å². The van der Waals surface area contributed by atoms with E-state index in [1.165, 1.54) is 5.56 Å². The maximum absolute atomic E-state index is 5.90. The second-order valence-electron chi connectivity index (χ2n) is 5.37. The molecule has 0 aromatic heterocycles.